The molecule has 5 aromatic rings. The van der Waals surface area contributed by atoms with E-state index in [2.05, 4.69) is 15.5 Å². The number of halogens is 1. The summed E-state index contributed by atoms with van der Waals surface area (Å²) < 4.78 is 3.48. The quantitative estimate of drug-likeness (QED) is 0.301. The van der Waals surface area contributed by atoms with Crippen molar-refractivity contribution in [3.05, 3.63) is 105 Å². The van der Waals surface area contributed by atoms with Gasteiger partial charge in [0.05, 0.1) is 17.4 Å². The normalized spacial score (nSPS) is 11.4. The Morgan fingerprint density at radius 3 is 2.53 bits per heavy atom. The predicted molar refractivity (Wildman–Crippen MR) is 144 cm³/mol. The lowest BCUT2D eigenvalue weighted by Gasteiger charge is -2.13. The van der Waals surface area contributed by atoms with Gasteiger partial charge in [0.1, 0.15) is 0 Å². The van der Waals surface area contributed by atoms with Crippen LogP contribution in [0.15, 0.2) is 82.7 Å². The lowest BCUT2D eigenvalue weighted by Crippen LogP contribution is -2.30. The number of nitrogens with one attached hydrogen (secondary N) is 1. The number of hydrogen-bond donors (Lipinski definition) is 1. The predicted octanol–water partition coefficient (Wildman–Crippen LogP) is 5.18. The maximum absolute atomic E-state index is 13.6. The molecule has 0 atom stereocenters. The number of carbonyl (C=O) groups excluding carboxylic acids is 1. The second-order valence-corrected chi connectivity index (χ2v) is 10.1. The molecule has 0 fully saturated rings. The highest BCUT2D eigenvalue weighted by Crippen LogP contribution is 2.28. The third-order valence-electron chi connectivity index (χ3n) is 5.75. The van der Waals surface area contributed by atoms with Crippen LogP contribution in [0, 0.1) is 0 Å². The highest BCUT2D eigenvalue weighted by molar-refractivity contribution is 7.98. The number of amides is 1. The fourth-order valence-corrected chi connectivity index (χ4v) is 5.25. The molecule has 36 heavy (non-hydrogen) atoms. The molecule has 0 aliphatic heterocycles. The SMILES string of the molecule is CC(C)NC(=O)c1ccc2c(=O)n(Cc3ccccc3)c3nnc(SCc4ccccc4Cl)n3c2c1. The van der Waals surface area contributed by atoms with Crippen LogP contribution in [0.5, 0.6) is 0 Å². The van der Waals surface area contributed by atoms with Crippen molar-refractivity contribution in [2.75, 3.05) is 0 Å². The van der Waals surface area contributed by atoms with Crippen LogP contribution in [0.25, 0.3) is 16.7 Å². The summed E-state index contributed by atoms with van der Waals surface area (Å²) in [4.78, 5) is 26.3. The van der Waals surface area contributed by atoms with E-state index in [4.69, 9.17) is 11.6 Å². The van der Waals surface area contributed by atoms with E-state index in [1.54, 1.807) is 22.8 Å². The molecule has 182 valence electrons. The third-order valence-corrected chi connectivity index (χ3v) is 7.10. The molecule has 0 saturated carbocycles. The smallest absolute Gasteiger partial charge is 0.263 e. The zero-order chi connectivity index (χ0) is 25.2. The van der Waals surface area contributed by atoms with Gasteiger partial charge < -0.3 is 5.32 Å². The standard InChI is InChI=1S/C27H24ClN5O2S/c1-17(2)29-24(34)19-12-13-21-23(14-19)33-26(32(25(21)35)15-18-8-4-3-5-9-18)30-31-27(33)36-16-20-10-6-7-11-22(20)28/h3-14,17H,15-16H2,1-2H3,(H,29,34). The summed E-state index contributed by atoms with van der Waals surface area (Å²) in [6, 6.07) is 22.5. The van der Waals surface area contributed by atoms with E-state index in [1.807, 2.05) is 72.8 Å². The van der Waals surface area contributed by atoms with Gasteiger partial charge in [0.25, 0.3) is 11.5 Å². The Kier molecular flexibility index (Phi) is 6.80. The number of nitrogens with zero attached hydrogens (tertiary/aromatic N) is 4. The molecule has 0 bridgehead atoms. The van der Waals surface area contributed by atoms with Gasteiger partial charge in [-0.2, -0.15) is 0 Å². The van der Waals surface area contributed by atoms with E-state index in [1.165, 1.54) is 11.8 Å². The molecule has 5 rings (SSSR count). The molecule has 7 nitrogen and oxygen atoms in total. The first kappa shape index (κ1) is 24.1. The first-order valence-corrected chi connectivity index (χ1v) is 12.9. The fourth-order valence-electron chi connectivity index (χ4n) is 4.03. The molecular formula is C27H24ClN5O2S. The third kappa shape index (κ3) is 4.74. The fraction of sp³-hybridized carbons (Fsp3) is 0.185. The molecule has 1 amide bonds. The molecular weight excluding hydrogens is 494 g/mol. The number of rotatable bonds is 7. The number of thioether (sulfide) groups is 1. The van der Waals surface area contributed by atoms with Crippen molar-refractivity contribution in [3.8, 4) is 0 Å². The van der Waals surface area contributed by atoms with E-state index in [0.717, 1.165) is 11.1 Å². The zero-order valence-electron chi connectivity index (χ0n) is 19.8. The van der Waals surface area contributed by atoms with Gasteiger partial charge in [-0.15, -0.1) is 10.2 Å². The van der Waals surface area contributed by atoms with Crippen molar-refractivity contribution in [2.45, 2.75) is 37.3 Å². The van der Waals surface area contributed by atoms with E-state index < -0.39 is 0 Å². The van der Waals surface area contributed by atoms with Crippen LogP contribution in [0.3, 0.4) is 0 Å². The highest BCUT2D eigenvalue weighted by Gasteiger charge is 2.19. The Bertz CT molecular complexity index is 1630. The largest absolute Gasteiger partial charge is 0.350 e. The van der Waals surface area contributed by atoms with Gasteiger partial charge in [-0.3, -0.25) is 18.6 Å². The van der Waals surface area contributed by atoms with Crippen LogP contribution in [0.4, 0.5) is 0 Å². The minimum atomic E-state index is -0.202. The van der Waals surface area contributed by atoms with Gasteiger partial charge in [-0.05, 0) is 49.2 Å². The molecule has 0 saturated heterocycles. The molecule has 0 unspecified atom stereocenters. The van der Waals surface area contributed by atoms with Gasteiger partial charge in [0.2, 0.25) is 5.78 Å². The first-order valence-electron chi connectivity index (χ1n) is 11.5. The minimum Gasteiger partial charge on any atom is -0.350 e. The molecule has 1 N–H and O–H groups in total. The van der Waals surface area contributed by atoms with Crippen LogP contribution < -0.4 is 10.9 Å². The van der Waals surface area contributed by atoms with Crippen molar-refractivity contribution in [3.63, 3.8) is 0 Å². The number of benzene rings is 3. The van der Waals surface area contributed by atoms with Crippen LogP contribution in [0.1, 0.15) is 35.3 Å². The molecule has 2 heterocycles. The molecule has 0 radical (unpaired) electrons. The van der Waals surface area contributed by atoms with Crippen molar-refractivity contribution >= 4 is 46.0 Å². The van der Waals surface area contributed by atoms with Crippen molar-refractivity contribution in [2.24, 2.45) is 0 Å². The van der Waals surface area contributed by atoms with Crippen LogP contribution in [-0.4, -0.2) is 31.1 Å². The molecule has 9 heteroatoms. The lowest BCUT2D eigenvalue weighted by atomic mass is 10.1. The van der Waals surface area contributed by atoms with Crippen LogP contribution >= 0.6 is 23.4 Å². The maximum Gasteiger partial charge on any atom is 0.263 e. The average molecular weight is 518 g/mol. The summed E-state index contributed by atoms with van der Waals surface area (Å²) in [5.74, 6) is 0.791. The summed E-state index contributed by atoms with van der Waals surface area (Å²) in [5.41, 5.74) is 2.81. The summed E-state index contributed by atoms with van der Waals surface area (Å²) in [5, 5.41) is 13.5. The number of hydrogen-bond acceptors (Lipinski definition) is 5. The molecule has 2 aromatic heterocycles. The van der Waals surface area contributed by atoms with E-state index in [-0.39, 0.29) is 17.5 Å². The molecule has 0 spiro atoms. The second-order valence-electron chi connectivity index (χ2n) is 8.74. The first-order chi connectivity index (χ1) is 17.4. The Morgan fingerprint density at radius 1 is 1.03 bits per heavy atom. The van der Waals surface area contributed by atoms with E-state index in [9.17, 15) is 9.59 Å². The van der Waals surface area contributed by atoms with E-state index >= 15 is 0 Å². The van der Waals surface area contributed by atoms with Gasteiger partial charge in [0.15, 0.2) is 5.16 Å². The number of aromatic nitrogens is 4. The van der Waals surface area contributed by atoms with Gasteiger partial charge in [-0.25, -0.2) is 0 Å². The number of carbonyl (C=O) groups is 1. The second kappa shape index (κ2) is 10.2. The summed E-state index contributed by atoms with van der Waals surface area (Å²) >= 11 is 7.84. The maximum atomic E-state index is 13.6. The molecule has 0 aliphatic carbocycles. The topological polar surface area (TPSA) is 81.3 Å². The van der Waals surface area contributed by atoms with Crippen LogP contribution in [0.2, 0.25) is 5.02 Å². The van der Waals surface area contributed by atoms with Crippen LogP contribution in [-0.2, 0) is 12.3 Å². The van der Waals surface area contributed by atoms with Crippen molar-refractivity contribution < 1.29 is 4.79 Å². The summed E-state index contributed by atoms with van der Waals surface area (Å²) in [7, 11) is 0. The Labute approximate surface area is 217 Å². The molecule has 3 aromatic carbocycles. The Hall–Kier alpha value is -3.62. The van der Waals surface area contributed by atoms with Gasteiger partial charge >= 0.3 is 0 Å². The minimum absolute atomic E-state index is 0.0104. The Morgan fingerprint density at radius 2 is 1.78 bits per heavy atom. The van der Waals surface area contributed by atoms with Gasteiger partial charge in [0, 0.05) is 22.4 Å². The summed E-state index contributed by atoms with van der Waals surface area (Å²) in [6.07, 6.45) is 0. The zero-order valence-corrected chi connectivity index (χ0v) is 21.4. The highest BCUT2D eigenvalue weighted by atomic mass is 35.5. The van der Waals surface area contributed by atoms with Crippen molar-refractivity contribution in [1.29, 1.82) is 0 Å². The van der Waals surface area contributed by atoms with E-state index in [0.29, 0.717) is 44.7 Å². The monoisotopic (exact) mass is 517 g/mol. The van der Waals surface area contributed by atoms with Gasteiger partial charge in [-0.1, -0.05) is 71.9 Å². The van der Waals surface area contributed by atoms with Crippen molar-refractivity contribution in [1.82, 2.24) is 24.5 Å². The average Bonchev–Trinajstić information content (AvgIpc) is 3.30. The summed E-state index contributed by atoms with van der Waals surface area (Å²) in [6.45, 7) is 4.16. The molecule has 0 aliphatic rings. The Balaban J connectivity index is 1.68. The lowest BCUT2D eigenvalue weighted by molar-refractivity contribution is 0.0943. The number of fused-ring (bicyclic) bond motifs is 3.